The van der Waals surface area contributed by atoms with Crippen LogP contribution < -0.4 is 0 Å². The Morgan fingerprint density at radius 2 is 1.68 bits per heavy atom. The van der Waals surface area contributed by atoms with Gasteiger partial charge in [0.2, 0.25) is 5.78 Å². The highest BCUT2D eigenvalue weighted by Crippen LogP contribution is 2.22. The summed E-state index contributed by atoms with van der Waals surface area (Å²) < 4.78 is 10.9. The Balaban J connectivity index is 1.34. The van der Waals surface area contributed by atoms with Crippen molar-refractivity contribution in [2.24, 2.45) is 0 Å². The van der Waals surface area contributed by atoms with E-state index < -0.39 is 0 Å². The van der Waals surface area contributed by atoms with Crippen molar-refractivity contribution in [1.29, 1.82) is 0 Å². The molecule has 2 aliphatic rings. The Kier molecular flexibility index (Phi) is 6.36. The van der Waals surface area contributed by atoms with Gasteiger partial charge < -0.3 is 9.47 Å². The fraction of sp³-hybridized carbons (Fsp3) is 0.500. The van der Waals surface area contributed by atoms with Crippen molar-refractivity contribution in [3.05, 3.63) is 47.2 Å². The molecule has 0 atom stereocenters. The summed E-state index contributed by atoms with van der Waals surface area (Å²) in [5, 5.41) is 0. The molecule has 0 bridgehead atoms. The molecule has 5 heteroatoms. The zero-order chi connectivity index (χ0) is 17.5. The van der Waals surface area contributed by atoms with Crippen molar-refractivity contribution in [2.75, 3.05) is 39.5 Å². The summed E-state index contributed by atoms with van der Waals surface area (Å²) in [5.41, 5.74) is 0.901. The van der Waals surface area contributed by atoms with Crippen LogP contribution >= 0.6 is 0 Å². The molecule has 0 radical (unpaired) electrons. The monoisotopic (exact) mass is 343 g/mol. The minimum atomic E-state index is -0.192. The lowest BCUT2D eigenvalue weighted by Crippen LogP contribution is -2.36. The van der Waals surface area contributed by atoms with Crippen LogP contribution in [0.2, 0.25) is 0 Å². The van der Waals surface area contributed by atoms with E-state index in [4.69, 9.17) is 9.47 Å². The number of carbonyl (C=O) groups is 2. The van der Waals surface area contributed by atoms with Gasteiger partial charge in [-0.2, -0.15) is 0 Å². The number of nitrogens with zero attached hydrogens (tertiary/aromatic N) is 1. The molecular formula is C20H25NO4. The Morgan fingerprint density at radius 1 is 0.960 bits per heavy atom. The summed E-state index contributed by atoms with van der Waals surface area (Å²) >= 11 is 0. The predicted octanol–water partition coefficient (Wildman–Crippen LogP) is 2.86. The van der Waals surface area contributed by atoms with Crippen LogP contribution in [0.25, 0.3) is 0 Å². The molecule has 0 N–H and O–H groups in total. The molecule has 0 saturated carbocycles. The molecule has 0 aromatic heterocycles. The summed E-state index contributed by atoms with van der Waals surface area (Å²) in [7, 11) is 0. The molecule has 0 spiro atoms. The molecule has 1 aromatic carbocycles. The Morgan fingerprint density at radius 3 is 2.48 bits per heavy atom. The number of rotatable bonds is 8. The second-order valence-corrected chi connectivity index (χ2v) is 6.46. The van der Waals surface area contributed by atoms with Crippen LogP contribution in [0, 0.1) is 0 Å². The molecule has 1 fully saturated rings. The quantitative estimate of drug-likeness (QED) is 0.680. The van der Waals surface area contributed by atoms with E-state index in [-0.39, 0.29) is 17.3 Å². The minimum absolute atomic E-state index is 0.157. The van der Waals surface area contributed by atoms with Crippen LogP contribution in [0.5, 0.6) is 0 Å². The smallest absolute Gasteiger partial charge is 0.228 e. The molecule has 5 nitrogen and oxygen atoms in total. The van der Waals surface area contributed by atoms with E-state index in [0.717, 1.165) is 52.1 Å². The molecule has 134 valence electrons. The van der Waals surface area contributed by atoms with Crippen LogP contribution in [-0.2, 0) is 9.47 Å². The number of ether oxygens (including phenoxy) is 2. The van der Waals surface area contributed by atoms with Gasteiger partial charge in [-0.25, -0.2) is 0 Å². The SMILES string of the molecule is O=C1C=C(OCCCCCCN2CCOCC2)C(=O)c2ccccc21. The fourth-order valence-corrected chi connectivity index (χ4v) is 3.20. The molecule has 1 aliphatic heterocycles. The maximum Gasteiger partial charge on any atom is 0.228 e. The van der Waals surface area contributed by atoms with Gasteiger partial charge in [0.15, 0.2) is 11.5 Å². The number of morpholine rings is 1. The summed E-state index contributed by atoms with van der Waals surface area (Å²) in [6.07, 6.45) is 5.60. The maximum atomic E-state index is 12.3. The summed E-state index contributed by atoms with van der Waals surface area (Å²) in [6.45, 7) is 5.37. The van der Waals surface area contributed by atoms with Crippen molar-refractivity contribution < 1.29 is 19.1 Å². The predicted molar refractivity (Wildman–Crippen MR) is 94.9 cm³/mol. The second-order valence-electron chi connectivity index (χ2n) is 6.46. The number of benzene rings is 1. The lowest BCUT2D eigenvalue weighted by molar-refractivity contribution is 0.0370. The van der Waals surface area contributed by atoms with E-state index in [1.54, 1.807) is 24.3 Å². The van der Waals surface area contributed by atoms with Crippen molar-refractivity contribution in [1.82, 2.24) is 4.90 Å². The molecule has 3 rings (SSSR count). The van der Waals surface area contributed by atoms with Crippen molar-refractivity contribution in [3.8, 4) is 0 Å². The topological polar surface area (TPSA) is 55.8 Å². The first kappa shape index (κ1) is 17.8. The number of hydrogen-bond donors (Lipinski definition) is 0. The maximum absolute atomic E-state index is 12.3. The average Bonchev–Trinajstić information content (AvgIpc) is 2.65. The van der Waals surface area contributed by atoms with Gasteiger partial charge in [0.1, 0.15) is 0 Å². The Labute approximate surface area is 148 Å². The normalized spacial score (nSPS) is 18.0. The van der Waals surface area contributed by atoms with Crippen LogP contribution in [0.1, 0.15) is 46.4 Å². The summed E-state index contributed by atoms with van der Waals surface area (Å²) in [4.78, 5) is 26.8. The van der Waals surface area contributed by atoms with Gasteiger partial charge in [0.25, 0.3) is 0 Å². The van der Waals surface area contributed by atoms with E-state index in [9.17, 15) is 9.59 Å². The number of Topliss-reactive ketones (excluding diaryl/α,β-unsaturated/α-hetero) is 1. The average molecular weight is 343 g/mol. The third-order valence-corrected chi connectivity index (χ3v) is 4.65. The minimum Gasteiger partial charge on any atom is -0.489 e. The zero-order valence-electron chi connectivity index (χ0n) is 14.5. The standard InChI is InChI=1S/C20H25NO4/c22-18-15-19(20(23)17-8-4-3-7-16(17)18)25-12-6-2-1-5-9-21-10-13-24-14-11-21/h3-4,7-8,15H,1-2,5-6,9-14H2. The second kappa shape index (κ2) is 8.92. The summed E-state index contributed by atoms with van der Waals surface area (Å²) in [5.74, 6) is -0.171. The molecule has 1 heterocycles. The molecule has 0 amide bonds. The number of allylic oxidation sites excluding steroid dienone is 2. The number of fused-ring (bicyclic) bond motifs is 1. The van der Waals surface area contributed by atoms with Crippen LogP contribution in [0.4, 0.5) is 0 Å². The Hall–Kier alpha value is -1.98. The van der Waals surface area contributed by atoms with Gasteiger partial charge in [-0.1, -0.05) is 37.1 Å². The van der Waals surface area contributed by atoms with E-state index >= 15 is 0 Å². The van der Waals surface area contributed by atoms with Crippen molar-refractivity contribution in [3.63, 3.8) is 0 Å². The zero-order valence-corrected chi connectivity index (χ0v) is 14.5. The third-order valence-electron chi connectivity index (χ3n) is 4.65. The highest BCUT2D eigenvalue weighted by molar-refractivity contribution is 6.23. The molecule has 1 aromatic rings. The number of ketones is 2. The first-order valence-corrected chi connectivity index (χ1v) is 9.08. The molecule has 1 aliphatic carbocycles. The number of hydrogen-bond acceptors (Lipinski definition) is 5. The van der Waals surface area contributed by atoms with E-state index in [1.165, 1.54) is 12.5 Å². The molecule has 25 heavy (non-hydrogen) atoms. The third kappa shape index (κ3) is 4.77. The number of unbranched alkanes of at least 4 members (excludes halogenated alkanes) is 3. The highest BCUT2D eigenvalue weighted by atomic mass is 16.5. The first-order valence-electron chi connectivity index (χ1n) is 9.08. The van der Waals surface area contributed by atoms with Gasteiger partial charge in [-0.3, -0.25) is 14.5 Å². The van der Waals surface area contributed by atoms with E-state index in [0.29, 0.717) is 17.7 Å². The lowest BCUT2D eigenvalue weighted by Gasteiger charge is -2.26. The molecule has 0 unspecified atom stereocenters. The van der Waals surface area contributed by atoms with Gasteiger partial charge in [0, 0.05) is 30.3 Å². The lowest BCUT2D eigenvalue weighted by atomic mass is 9.94. The number of carbonyl (C=O) groups excluding carboxylic acids is 2. The summed E-state index contributed by atoms with van der Waals surface area (Å²) in [6, 6.07) is 6.89. The van der Waals surface area contributed by atoms with Crippen LogP contribution in [0.3, 0.4) is 0 Å². The van der Waals surface area contributed by atoms with Crippen molar-refractivity contribution >= 4 is 11.6 Å². The van der Waals surface area contributed by atoms with Gasteiger partial charge in [-0.05, 0) is 19.4 Å². The van der Waals surface area contributed by atoms with Gasteiger partial charge in [-0.15, -0.1) is 0 Å². The van der Waals surface area contributed by atoms with E-state index in [2.05, 4.69) is 4.90 Å². The first-order chi connectivity index (χ1) is 12.3. The molecular weight excluding hydrogens is 318 g/mol. The van der Waals surface area contributed by atoms with Crippen LogP contribution in [-0.4, -0.2) is 55.9 Å². The van der Waals surface area contributed by atoms with Gasteiger partial charge in [0.05, 0.1) is 19.8 Å². The Bertz CT molecular complexity index is 647. The van der Waals surface area contributed by atoms with Crippen molar-refractivity contribution in [2.45, 2.75) is 25.7 Å². The van der Waals surface area contributed by atoms with Gasteiger partial charge >= 0.3 is 0 Å². The molecule has 1 saturated heterocycles. The van der Waals surface area contributed by atoms with Crippen LogP contribution in [0.15, 0.2) is 36.1 Å². The fourth-order valence-electron chi connectivity index (χ4n) is 3.20. The van der Waals surface area contributed by atoms with E-state index in [1.807, 2.05) is 0 Å². The largest absolute Gasteiger partial charge is 0.489 e. The highest BCUT2D eigenvalue weighted by Gasteiger charge is 2.26.